The summed E-state index contributed by atoms with van der Waals surface area (Å²) in [6.07, 6.45) is 0.949. The molecule has 0 aliphatic heterocycles. The van der Waals surface area contributed by atoms with E-state index in [0.717, 1.165) is 16.8 Å². The summed E-state index contributed by atoms with van der Waals surface area (Å²) in [5, 5.41) is 19.7. The van der Waals surface area contributed by atoms with E-state index in [1.54, 1.807) is 18.2 Å². The largest absolute Gasteiger partial charge is 0.497 e. The summed E-state index contributed by atoms with van der Waals surface area (Å²) in [5.74, 6) is 0.153. The Hall–Kier alpha value is -3.47. The van der Waals surface area contributed by atoms with E-state index in [1.165, 1.54) is 19.2 Å². The molecule has 0 atom stereocenters. The first-order chi connectivity index (χ1) is 11.0. The molecule has 1 heterocycles. The first-order valence-electron chi connectivity index (χ1n) is 6.42. The number of rotatable bonds is 5. The van der Waals surface area contributed by atoms with E-state index in [9.17, 15) is 19.7 Å². The number of hydrogen-bond acceptors (Lipinski definition) is 6. The van der Waals surface area contributed by atoms with Crippen molar-refractivity contribution in [2.24, 2.45) is 0 Å². The van der Waals surface area contributed by atoms with Crippen molar-refractivity contribution in [1.29, 1.82) is 5.26 Å². The van der Waals surface area contributed by atoms with Crippen LogP contribution in [0, 0.1) is 21.4 Å². The Kier molecular flexibility index (Phi) is 4.52. The highest BCUT2D eigenvalue weighted by Gasteiger charge is 2.16. The van der Waals surface area contributed by atoms with E-state index >= 15 is 0 Å². The second kappa shape index (κ2) is 6.53. The van der Waals surface area contributed by atoms with Gasteiger partial charge in [0.1, 0.15) is 17.4 Å². The third-order valence-electron chi connectivity index (χ3n) is 3.13. The van der Waals surface area contributed by atoms with Crippen LogP contribution < -0.4 is 10.3 Å². The summed E-state index contributed by atoms with van der Waals surface area (Å²) in [6, 6.07) is 8.70. The molecular formula is C15H11N3O5. The zero-order valence-corrected chi connectivity index (χ0v) is 12.1. The fraction of sp³-hybridized carbons (Fsp3) is 0.133. The predicted octanol–water partition coefficient (Wildman–Crippen LogP) is 1.52. The summed E-state index contributed by atoms with van der Waals surface area (Å²) in [7, 11) is 1.49. The number of benzene rings is 1. The molecule has 0 N–H and O–H groups in total. The molecule has 8 nitrogen and oxygen atoms in total. The number of nitro groups is 1. The number of carbonyl (C=O) groups is 1. The van der Waals surface area contributed by atoms with E-state index in [-0.39, 0.29) is 5.56 Å². The molecule has 0 saturated carbocycles. The summed E-state index contributed by atoms with van der Waals surface area (Å²) in [6.45, 7) is -0.401. The van der Waals surface area contributed by atoms with E-state index in [1.807, 2.05) is 0 Å². The van der Waals surface area contributed by atoms with Gasteiger partial charge in [-0.25, -0.2) is 0 Å². The molecule has 0 amide bonds. The summed E-state index contributed by atoms with van der Waals surface area (Å²) in [5.41, 5.74) is -1.24. The van der Waals surface area contributed by atoms with Crippen LogP contribution in [0.15, 0.2) is 41.3 Å². The van der Waals surface area contributed by atoms with Crippen molar-refractivity contribution >= 4 is 11.5 Å². The van der Waals surface area contributed by atoms with Gasteiger partial charge < -0.3 is 4.74 Å². The van der Waals surface area contributed by atoms with Crippen molar-refractivity contribution in [3.8, 4) is 11.8 Å². The van der Waals surface area contributed by atoms with Crippen molar-refractivity contribution in [3.05, 3.63) is 68.1 Å². The molecule has 1 aromatic heterocycles. The number of nitriles is 1. The lowest BCUT2D eigenvalue weighted by molar-refractivity contribution is -0.385. The minimum atomic E-state index is -0.750. The number of Topliss-reactive ketones (excluding diaryl/α,β-unsaturated/α-hetero) is 1. The number of ether oxygens (including phenoxy) is 1. The number of hydrogen-bond donors (Lipinski definition) is 0. The molecule has 2 rings (SSSR count). The lowest BCUT2D eigenvalue weighted by Crippen LogP contribution is -2.26. The topological polar surface area (TPSA) is 115 Å². The van der Waals surface area contributed by atoms with Gasteiger partial charge in [-0.15, -0.1) is 0 Å². The highest BCUT2D eigenvalue weighted by atomic mass is 16.6. The van der Waals surface area contributed by atoms with E-state index in [0.29, 0.717) is 11.3 Å². The van der Waals surface area contributed by atoms with E-state index in [2.05, 4.69) is 0 Å². The van der Waals surface area contributed by atoms with Crippen LogP contribution in [-0.2, 0) is 6.54 Å². The van der Waals surface area contributed by atoms with Gasteiger partial charge in [0.15, 0.2) is 5.78 Å². The van der Waals surface area contributed by atoms with Crippen LogP contribution in [-0.4, -0.2) is 22.4 Å². The molecule has 2 aromatic rings. The highest BCUT2D eigenvalue weighted by Crippen LogP contribution is 2.13. The first kappa shape index (κ1) is 15.9. The van der Waals surface area contributed by atoms with Crippen molar-refractivity contribution in [2.75, 3.05) is 7.11 Å². The maximum absolute atomic E-state index is 12.2. The van der Waals surface area contributed by atoms with Crippen LogP contribution in [0.4, 0.5) is 5.69 Å². The number of ketones is 1. The van der Waals surface area contributed by atoms with Gasteiger partial charge in [0, 0.05) is 11.6 Å². The number of nitrogens with zero attached hydrogens (tertiary/aromatic N) is 3. The normalized spacial score (nSPS) is 9.91. The monoisotopic (exact) mass is 313 g/mol. The van der Waals surface area contributed by atoms with Crippen molar-refractivity contribution < 1.29 is 14.5 Å². The zero-order chi connectivity index (χ0) is 17.0. The molecule has 116 valence electrons. The molecule has 0 radical (unpaired) electrons. The van der Waals surface area contributed by atoms with Gasteiger partial charge in [0.25, 0.3) is 11.2 Å². The Balaban J connectivity index is 2.36. The van der Waals surface area contributed by atoms with Crippen LogP contribution in [0.25, 0.3) is 0 Å². The second-order valence-electron chi connectivity index (χ2n) is 4.57. The number of pyridine rings is 1. The average molecular weight is 313 g/mol. The van der Waals surface area contributed by atoms with Gasteiger partial charge in [-0.05, 0) is 24.3 Å². The quantitative estimate of drug-likeness (QED) is 0.469. The Morgan fingerprint density at radius 1 is 1.39 bits per heavy atom. The number of aromatic nitrogens is 1. The van der Waals surface area contributed by atoms with Gasteiger partial charge in [0.05, 0.1) is 24.8 Å². The smallest absolute Gasteiger partial charge is 0.287 e. The molecule has 1 aromatic carbocycles. The average Bonchev–Trinajstić information content (AvgIpc) is 2.56. The van der Waals surface area contributed by atoms with Crippen molar-refractivity contribution in [1.82, 2.24) is 4.57 Å². The summed E-state index contributed by atoms with van der Waals surface area (Å²) in [4.78, 5) is 34.3. The summed E-state index contributed by atoms with van der Waals surface area (Å²) < 4.78 is 5.85. The van der Waals surface area contributed by atoms with E-state index in [4.69, 9.17) is 10.00 Å². The number of carbonyl (C=O) groups excluding carboxylic acids is 1. The van der Waals surface area contributed by atoms with Crippen molar-refractivity contribution in [2.45, 2.75) is 6.54 Å². The lowest BCUT2D eigenvalue weighted by atomic mass is 10.1. The van der Waals surface area contributed by atoms with Crippen molar-refractivity contribution in [3.63, 3.8) is 0 Å². The molecule has 0 unspecified atom stereocenters. The Morgan fingerprint density at radius 3 is 2.57 bits per heavy atom. The van der Waals surface area contributed by atoms with Crippen LogP contribution in [0.5, 0.6) is 5.75 Å². The van der Waals surface area contributed by atoms with Gasteiger partial charge in [-0.3, -0.25) is 24.3 Å². The zero-order valence-electron chi connectivity index (χ0n) is 12.1. The molecule has 0 spiro atoms. The molecule has 0 aliphatic rings. The summed E-state index contributed by atoms with van der Waals surface area (Å²) >= 11 is 0. The molecular weight excluding hydrogens is 302 g/mol. The molecule has 0 aliphatic carbocycles. The van der Waals surface area contributed by atoms with Gasteiger partial charge in [0.2, 0.25) is 0 Å². The standard InChI is InChI=1S/C15H11N3O5/c1-23-13-4-2-10(3-5-13)14(19)9-17-8-12(18(21)22)6-11(7-16)15(17)20/h2-6,8H,9H2,1H3. The third kappa shape index (κ3) is 3.41. The fourth-order valence-corrected chi connectivity index (χ4v) is 1.94. The molecule has 0 bridgehead atoms. The van der Waals surface area contributed by atoms with Gasteiger partial charge in [-0.1, -0.05) is 0 Å². The maximum Gasteiger partial charge on any atom is 0.287 e. The minimum Gasteiger partial charge on any atom is -0.497 e. The molecule has 0 fully saturated rings. The number of methoxy groups -OCH3 is 1. The van der Waals surface area contributed by atoms with Crippen LogP contribution >= 0.6 is 0 Å². The SMILES string of the molecule is COc1ccc(C(=O)Cn2cc([N+](=O)[O-])cc(C#N)c2=O)cc1. The fourth-order valence-electron chi connectivity index (χ4n) is 1.94. The van der Waals surface area contributed by atoms with Gasteiger partial charge in [-0.2, -0.15) is 5.26 Å². The van der Waals surface area contributed by atoms with Crippen LogP contribution in [0.3, 0.4) is 0 Å². The first-order valence-corrected chi connectivity index (χ1v) is 6.42. The molecule has 8 heteroatoms. The second-order valence-corrected chi connectivity index (χ2v) is 4.57. The molecule has 0 saturated heterocycles. The Labute approximate surface area is 130 Å². The Morgan fingerprint density at radius 2 is 2.04 bits per heavy atom. The Bertz CT molecular complexity index is 862. The lowest BCUT2D eigenvalue weighted by Gasteiger charge is -2.06. The predicted molar refractivity (Wildman–Crippen MR) is 79.4 cm³/mol. The van der Waals surface area contributed by atoms with Crippen LogP contribution in [0.1, 0.15) is 15.9 Å². The van der Waals surface area contributed by atoms with Crippen LogP contribution in [0.2, 0.25) is 0 Å². The van der Waals surface area contributed by atoms with Gasteiger partial charge >= 0.3 is 0 Å². The maximum atomic E-state index is 12.2. The third-order valence-corrected chi connectivity index (χ3v) is 3.13. The van der Waals surface area contributed by atoms with E-state index < -0.39 is 28.5 Å². The minimum absolute atomic E-state index is 0.322. The highest BCUT2D eigenvalue weighted by molar-refractivity contribution is 5.96. The molecule has 23 heavy (non-hydrogen) atoms.